The Morgan fingerprint density at radius 2 is 1.02 bits per heavy atom. The molecule has 0 spiro atoms. The minimum absolute atomic E-state index is 0. The number of hydrogen-bond acceptors (Lipinski definition) is 21. The van der Waals surface area contributed by atoms with E-state index >= 15 is 0 Å². The molecule has 0 fully saturated rings. The van der Waals surface area contributed by atoms with Gasteiger partial charge in [0, 0.05) is 85.1 Å². The summed E-state index contributed by atoms with van der Waals surface area (Å²) < 4.78 is 75.4. The monoisotopic (exact) mass is 1630 g/mol. The standard InChI is InChI=1S/C44H54N6O9.C39H45N5O7.C2HF3O.Li.H2O/c1-31-17-18-46-40(26-31)50(43(54)59-44(2,3)4)20-7-10-41(52)47-30-36(51)27-35(28-42(53)55-5)32-11-13-34(14-12-32)38-9-6-8-33-15-16-37(29-39(33)38)58-25-24-57-23-22-56-21-19-48-49-45;1-28-15-16-41-33(23-28)6-2-3-8-38(46)42-27-34(45)24-32(25-39(47)48)29-9-11-31(12-10-29)36-7-4-5-30-13-14-35(26-37(30)36)51-22-21-50-20-19-49-18-17-43-44-40;3-2(4,5)1-6;;/h6,8-9,11-18,26,29,35H,7,10,19-25,27-28,30H2,1-5H3,(H,47,52);4-5,7,9-16,23,26,32H,2-3,6,8,17-22,24-25,27H2,1H3,(H,42,46)(H,47,48);1H;;1H2/q;;;+1;/p-1/t35-;32-;;;/m00.../s1. The second kappa shape index (κ2) is 53.8. The summed E-state index contributed by atoms with van der Waals surface area (Å²) in [5.41, 5.74) is 24.3. The zero-order valence-electron chi connectivity index (χ0n) is 67.5. The van der Waals surface area contributed by atoms with Crippen molar-refractivity contribution >= 4 is 75.1 Å². The summed E-state index contributed by atoms with van der Waals surface area (Å²) in [5, 5.41) is 25.9. The van der Waals surface area contributed by atoms with Gasteiger partial charge in [-0.15, -0.1) is 0 Å². The summed E-state index contributed by atoms with van der Waals surface area (Å²) in [7, 11) is 1.31. The smallest absolute Gasteiger partial charge is 0.870 e. The molecule has 0 aliphatic rings. The number of nitrogens with zero attached hydrogens (tertiary/aromatic N) is 9. The van der Waals surface area contributed by atoms with E-state index in [1.807, 2.05) is 153 Å². The molecule has 8 aromatic rings. The van der Waals surface area contributed by atoms with Crippen LogP contribution in [0, 0.1) is 13.8 Å². The van der Waals surface area contributed by atoms with E-state index in [1.54, 1.807) is 39.2 Å². The number of pyridine rings is 2. The molecule has 2 heterocycles. The largest absolute Gasteiger partial charge is 1.00 e. The average molecular weight is 1630 g/mol. The summed E-state index contributed by atoms with van der Waals surface area (Å²) in [5.74, 6) is -1.60. The summed E-state index contributed by atoms with van der Waals surface area (Å²) in [6.45, 7) is 13.5. The maximum Gasteiger partial charge on any atom is 1.00 e. The number of fused-ring (bicyclic) bond motifs is 2. The number of ketones is 2. The van der Waals surface area contributed by atoms with Crippen molar-refractivity contribution in [2.24, 2.45) is 10.2 Å². The van der Waals surface area contributed by atoms with Crippen LogP contribution >= 0.6 is 0 Å². The number of alkyl halides is 3. The number of hydrogen-bond donors (Lipinski definition) is 3. The molecule has 29 nitrogen and oxygen atoms in total. The molecule has 118 heavy (non-hydrogen) atoms. The maximum atomic E-state index is 13.2. The molecule has 2 atom stereocenters. The number of halogens is 3. The van der Waals surface area contributed by atoms with Crippen molar-refractivity contribution < 1.29 is 119 Å². The molecular formula is C85H101F3LiN11O18. The number of carbonyl (C=O) groups is 8. The molecule has 0 radical (unpaired) electrons. The Balaban J connectivity index is 0.000000460. The van der Waals surface area contributed by atoms with Crippen LogP contribution in [0.25, 0.3) is 64.7 Å². The fraction of sp³-hybridized carbons (Fsp3) is 0.412. The number of aromatic nitrogens is 2. The third-order valence-electron chi connectivity index (χ3n) is 17.4. The van der Waals surface area contributed by atoms with Crippen molar-refractivity contribution in [2.45, 2.75) is 122 Å². The van der Waals surface area contributed by atoms with E-state index < -0.39 is 47.9 Å². The molecule has 0 unspecified atom stereocenters. The van der Waals surface area contributed by atoms with E-state index in [-0.39, 0.29) is 113 Å². The molecule has 33 heteroatoms. The Morgan fingerprint density at radius 1 is 0.568 bits per heavy atom. The van der Waals surface area contributed by atoms with E-state index in [0.29, 0.717) is 103 Å². The van der Waals surface area contributed by atoms with Crippen LogP contribution in [0.15, 0.2) is 168 Å². The number of ether oxygens (including phenoxy) is 8. The van der Waals surface area contributed by atoms with Gasteiger partial charge in [0.05, 0.1) is 85.9 Å². The Labute approximate surface area is 695 Å². The van der Waals surface area contributed by atoms with Gasteiger partial charge in [-0.05, 0) is 186 Å². The second-order valence-corrected chi connectivity index (χ2v) is 27.6. The predicted molar refractivity (Wildman–Crippen MR) is 433 cm³/mol. The molecule has 3 amide bonds. The number of amides is 3. The van der Waals surface area contributed by atoms with E-state index in [9.17, 15) is 51.8 Å². The number of unbranched alkanes of at least 4 members (excludes halogenated alkanes) is 1. The number of aldehydes is 1. The van der Waals surface area contributed by atoms with E-state index in [1.165, 1.54) is 12.0 Å². The van der Waals surface area contributed by atoms with Gasteiger partial charge in [-0.1, -0.05) is 107 Å². The molecule has 2 aromatic heterocycles. The summed E-state index contributed by atoms with van der Waals surface area (Å²) in [6.07, 6.45) is -0.0660. The van der Waals surface area contributed by atoms with Crippen molar-refractivity contribution in [1.29, 1.82) is 0 Å². The molecule has 6 aromatic carbocycles. The fourth-order valence-electron chi connectivity index (χ4n) is 11.8. The number of carboxylic acids is 1. The summed E-state index contributed by atoms with van der Waals surface area (Å²) in [4.78, 5) is 112. The SMILES string of the molecule is COC(=O)C[C@H](CC(=O)CNC(=O)CCCN(C(=O)OC(C)(C)C)c1cc(C)ccn1)c1ccc(-c2cccc3ccc(OCCOCCOCCN=[N+]=[N-])cc23)cc1.Cc1ccnc(CCCCC(=O)NCC(=O)C[C@@H](CC(=O)O)c2ccc(-c3cccc4ccc(OCCOCCOCCN=[N+]=[N-])cc34)cc2)c1.O=CC(F)(F)F.[Li+].[OH-]. The molecule has 8 rings (SSSR count). The number of nitrogens with one attached hydrogen (secondary N) is 2. The molecule has 0 aliphatic carbocycles. The first-order valence-corrected chi connectivity index (χ1v) is 37.8. The van der Waals surface area contributed by atoms with Crippen molar-refractivity contribution in [3.05, 3.63) is 207 Å². The van der Waals surface area contributed by atoms with Gasteiger partial charge in [0.1, 0.15) is 36.1 Å². The molecule has 0 aliphatic heterocycles. The van der Waals surface area contributed by atoms with E-state index in [4.69, 9.17) is 53.8 Å². The van der Waals surface area contributed by atoms with Crippen molar-refractivity contribution in [1.82, 2.24) is 20.6 Å². The van der Waals surface area contributed by atoms with Gasteiger partial charge < -0.3 is 59.1 Å². The number of carbonyl (C=O) groups excluding carboxylic acids is 7. The number of carboxylic acid groups (broad SMARTS) is 1. The second-order valence-electron chi connectivity index (χ2n) is 27.6. The molecule has 4 N–H and O–H groups in total. The Kier molecular flexibility index (Phi) is 45.2. The third kappa shape index (κ3) is 38.2. The number of benzene rings is 6. The maximum absolute atomic E-state index is 13.2. The topological polar surface area (TPSA) is 411 Å². The van der Waals surface area contributed by atoms with Crippen molar-refractivity contribution in [3.8, 4) is 33.8 Å². The van der Waals surface area contributed by atoms with Crippen LogP contribution in [0.4, 0.5) is 23.8 Å². The van der Waals surface area contributed by atoms with Gasteiger partial charge >= 0.3 is 43.1 Å². The first-order chi connectivity index (χ1) is 55.7. The number of rotatable bonds is 46. The quantitative estimate of drug-likeness (QED) is 0.00606. The van der Waals surface area contributed by atoms with Gasteiger partial charge in [0.15, 0.2) is 11.6 Å². The first-order valence-electron chi connectivity index (χ1n) is 37.8. The molecule has 0 bridgehead atoms. The van der Waals surface area contributed by atoms with Crippen LogP contribution in [-0.4, -0.2) is 186 Å². The molecular weight excluding hydrogens is 1530 g/mol. The predicted octanol–water partition coefficient (Wildman–Crippen LogP) is 12.4. The Bertz CT molecular complexity index is 4600. The molecule has 0 saturated heterocycles. The van der Waals surface area contributed by atoms with E-state index in [2.05, 4.69) is 40.7 Å². The van der Waals surface area contributed by atoms with Crippen molar-refractivity contribution in [2.75, 3.05) is 111 Å². The van der Waals surface area contributed by atoms with Gasteiger partial charge in [-0.25, -0.2) is 9.78 Å². The van der Waals surface area contributed by atoms with Crippen LogP contribution in [0.3, 0.4) is 0 Å². The van der Waals surface area contributed by atoms with Gasteiger partial charge in [0.2, 0.25) is 18.1 Å². The number of Topliss-reactive ketones (excluding diaryl/α,β-unsaturated/α-hetero) is 2. The van der Waals surface area contributed by atoms with Crippen LogP contribution in [-0.2, 0) is 68.4 Å². The van der Waals surface area contributed by atoms with Gasteiger partial charge in [-0.3, -0.25) is 43.4 Å². The molecule has 0 saturated carbocycles. The number of azide groups is 2. The summed E-state index contributed by atoms with van der Waals surface area (Å²) >= 11 is 0. The molecule has 626 valence electrons. The van der Waals surface area contributed by atoms with Gasteiger partial charge in [-0.2, -0.15) is 13.2 Å². The first kappa shape index (κ1) is 99.1. The normalized spacial score (nSPS) is 11.3. The number of aryl methyl sites for hydroxylation is 3. The number of methoxy groups -OCH3 is 1. The zero-order chi connectivity index (χ0) is 84.1. The Morgan fingerprint density at radius 3 is 1.46 bits per heavy atom. The van der Waals surface area contributed by atoms with Crippen LogP contribution < -0.4 is 43.9 Å². The van der Waals surface area contributed by atoms with Crippen LogP contribution in [0.5, 0.6) is 11.5 Å². The average Bonchev–Trinajstić information content (AvgIpc) is 0.795. The zero-order valence-corrected chi connectivity index (χ0v) is 67.5. The Hall–Kier alpha value is -11.3. The third-order valence-corrected chi connectivity index (χ3v) is 17.4. The number of aliphatic carboxylic acids is 1. The van der Waals surface area contributed by atoms with E-state index in [0.717, 1.165) is 84.6 Å². The summed E-state index contributed by atoms with van der Waals surface area (Å²) in [6, 6.07) is 46.8. The van der Waals surface area contributed by atoms with Crippen LogP contribution in [0.1, 0.15) is 118 Å². The minimum Gasteiger partial charge on any atom is -0.870 e. The van der Waals surface area contributed by atoms with Crippen molar-refractivity contribution in [3.63, 3.8) is 0 Å². The van der Waals surface area contributed by atoms with Crippen LogP contribution in [0.2, 0.25) is 0 Å². The van der Waals surface area contributed by atoms with Gasteiger partial charge in [0.25, 0.3) is 0 Å². The number of esters is 1. The number of anilines is 1. The minimum atomic E-state index is -4.64. The fourth-order valence-corrected chi connectivity index (χ4v) is 11.8.